The second kappa shape index (κ2) is 8.00. The van der Waals surface area contributed by atoms with Gasteiger partial charge in [-0.2, -0.15) is 0 Å². The summed E-state index contributed by atoms with van der Waals surface area (Å²) in [5.41, 5.74) is 1.24. The molecule has 3 aromatic rings. The van der Waals surface area contributed by atoms with Crippen LogP contribution in [-0.4, -0.2) is 35.1 Å². The molecule has 7 nitrogen and oxygen atoms in total. The number of carbonyl (C=O) groups excluding carboxylic acids is 4. The summed E-state index contributed by atoms with van der Waals surface area (Å²) in [7, 11) is 0. The van der Waals surface area contributed by atoms with E-state index >= 15 is 0 Å². The first-order valence-electron chi connectivity index (χ1n) is 9.16. The Morgan fingerprint density at radius 2 is 1.33 bits per heavy atom. The maximum atomic E-state index is 12.6. The molecule has 4 rings (SSSR count). The minimum Gasteiger partial charge on any atom is -0.424 e. The summed E-state index contributed by atoms with van der Waals surface area (Å²) < 4.78 is 5.32. The number of anilines is 1. The second-order valence-corrected chi connectivity index (χ2v) is 6.53. The molecule has 148 valence electrons. The number of hydrogen-bond donors (Lipinski definition) is 1. The zero-order valence-electron chi connectivity index (χ0n) is 15.7. The maximum Gasteiger partial charge on any atom is 0.331 e. The lowest BCUT2D eigenvalue weighted by Gasteiger charge is -2.14. The van der Waals surface area contributed by atoms with Crippen LogP contribution < -0.4 is 10.1 Å². The highest BCUT2D eigenvalue weighted by atomic mass is 16.5. The predicted molar refractivity (Wildman–Crippen MR) is 108 cm³/mol. The topological polar surface area (TPSA) is 92.8 Å². The second-order valence-electron chi connectivity index (χ2n) is 6.53. The Labute approximate surface area is 171 Å². The van der Waals surface area contributed by atoms with E-state index in [0.717, 1.165) is 4.90 Å². The molecule has 1 heterocycles. The Morgan fingerprint density at radius 3 is 2.00 bits per heavy atom. The third-order valence-electron chi connectivity index (χ3n) is 4.55. The predicted octanol–water partition coefficient (Wildman–Crippen LogP) is 3.14. The molecule has 0 radical (unpaired) electrons. The first kappa shape index (κ1) is 19.1. The first-order valence-corrected chi connectivity index (χ1v) is 9.16. The number of carbonyl (C=O) groups is 4. The van der Waals surface area contributed by atoms with Crippen LogP contribution in [0.5, 0.6) is 5.75 Å². The Kier molecular flexibility index (Phi) is 5.09. The van der Waals surface area contributed by atoms with Crippen LogP contribution in [-0.2, 0) is 4.79 Å². The molecule has 0 atom stereocenters. The summed E-state index contributed by atoms with van der Waals surface area (Å²) in [6.07, 6.45) is 0. The number of nitrogens with zero attached hydrogens (tertiary/aromatic N) is 1. The fraction of sp³-hybridized carbons (Fsp3) is 0.0435. The van der Waals surface area contributed by atoms with Crippen molar-refractivity contribution in [1.82, 2.24) is 4.90 Å². The van der Waals surface area contributed by atoms with E-state index in [1.165, 1.54) is 24.3 Å². The number of para-hydroxylation sites is 2. The van der Waals surface area contributed by atoms with Gasteiger partial charge in [0.2, 0.25) is 0 Å². The van der Waals surface area contributed by atoms with E-state index in [0.29, 0.717) is 5.69 Å². The maximum absolute atomic E-state index is 12.6. The van der Waals surface area contributed by atoms with Gasteiger partial charge in [0, 0.05) is 5.69 Å². The van der Waals surface area contributed by atoms with Crippen LogP contribution in [0.25, 0.3) is 0 Å². The van der Waals surface area contributed by atoms with E-state index in [-0.39, 0.29) is 22.4 Å². The molecule has 1 N–H and O–H groups in total. The zero-order valence-corrected chi connectivity index (χ0v) is 15.7. The zero-order chi connectivity index (χ0) is 21.1. The van der Waals surface area contributed by atoms with Crippen molar-refractivity contribution >= 4 is 29.4 Å². The Balaban J connectivity index is 1.48. The molecule has 1 aliphatic heterocycles. The number of ether oxygens (including phenoxy) is 1. The van der Waals surface area contributed by atoms with Crippen molar-refractivity contribution in [2.75, 3.05) is 11.9 Å². The van der Waals surface area contributed by atoms with Gasteiger partial charge in [0.15, 0.2) is 0 Å². The number of imide groups is 1. The van der Waals surface area contributed by atoms with Gasteiger partial charge in [0.1, 0.15) is 12.3 Å². The van der Waals surface area contributed by atoms with Gasteiger partial charge in [-0.15, -0.1) is 0 Å². The van der Waals surface area contributed by atoms with Crippen molar-refractivity contribution in [1.29, 1.82) is 0 Å². The number of amides is 3. The SMILES string of the molecule is O=C(CN1C(=O)c2ccccc2C1=O)Oc1ccccc1C(=O)Nc1ccccc1. The Morgan fingerprint density at radius 1 is 0.767 bits per heavy atom. The lowest BCUT2D eigenvalue weighted by Crippen LogP contribution is -2.36. The van der Waals surface area contributed by atoms with E-state index in [9.17, 15) is 19.2 Å². The molecule has 0 aromatic heterocycles. The van der Waals surface area contributed by atoms with Gasteiger partial charge < -0.3 is 10.1 Å². The molecule has 0 bridgehead atoms. The molecule has 1 aliphatic rings. The summed E-state index contributed by atoms with van der Waals surface area (Å²) >= 11 is 0. The normalized spacial score (nSPS) is 12.5. The van der Waals surface area contributed by atoms with Gasteiger partial charge in [0.05, 0.1) is 16.7 Å². The molecule has 3 aromatic carbocycles. The van der Waals surface area contributed by atoms with Crippen LogP contribution in [0.4, 0.5) is 5.69 Å². The number of hydrogen-bond acceptors (Lipinski definition) is 5. The van der Waals surface area contributed by atoms with Crippen LogP contribution in [0.2, 0.25) is 0 Å². The van der Waals surface area contributed by atoms with E-state index in [4.69, 9.17) is 4.74 Å². The highest BCUT2D eigenvalue weighted by Gasteiger charge is 2.36. The summed E-state index contributed by atoms with van der Waals surface area (Å²) in [6, 6.07) is 21.4. The minimum atomic E-state index is -0.829. The van der Waals surface area contributed by atoms with E-state index < -0.39 is 30.2 Å². The smallest absolute Gasteiger partial charge is 0.331 e. The summed E-state index contributed by atoms with van der Waals surface area (Å²) in [5, 5.41) is 2.72. The summed E-state index contributed by atoms with van der Waals surface area (Å²) in [4.78, 5) is 50.7. The number of benzene rings is 3. The summed E-state index contributed by atoms with van der Waals surface area (Å²) in [6.45, 7) is -0.555. The van der Waals surface area contributed by atoms with Crippen molar-refractivity contribution in [2.24, 2.45) is 0 Å². The van der Waals surface area contributed by atoms with Crippen LogP contribution in [0, 0.1) is 0 Å². The molecule has 0 unspecified atom stereocenters. The van der Waals surface area contributed by atoms with E-state index in [1.54, 1.807) is 48.5 Å². The standard InChI is InChI=1S/C23H16N2O5/c26-20(14-25-22(28)16-10-4-5-11-17(16)23(25)29)30-19-13-7-6-12-18(19)21(27)24-15-8-2-1-3-9-15/h1-13H,14H2,(H,24,27). The van der Waals surface area contributed by atoms with E-state index in [2.05, 4.69) is 5.32 Å². The van der Waals surface area contributed by atoms with Crippen molar-refractivity contribution in [2.45, 2.75) is 0 Å². The van der Waals surface area contributed by atoms with Gasteiger partial charge in [-0.25, -0.2) is 4.79 Å². The van der Waals surface area contributed by atoms with Crippen LogP contribution in [0.1, 0.15) is 31.1 Å². The van der Waals surface area contributed by atoms with Crippen LogP contribution >= 0.6 is 0 Å². The first-order chi connectivity index (χ1) is 14.5. The largest absolute Gasteiger partial charge is 0.424 e. The average Bonchev–Trinajstić information content (AvgIpc) is 3.00. The molecule has 7 heteroatoms. The number of nitrogens with one attached hydrogen (secondary N) is 1. The van der Waals surface area contributed by atoms with Gasteiger partial charge in [-0.3, -0.25) is 19.3 Å². The van der Waals surface area contributed by atoms with Gasteiger partial charge >= 0.3 is 5.97 Å². The van der Waals surface area contributed by atoms with Crippen molar-refractivity contribution < 1.29 is 23.9 Å². The quantitative estimate of drug-likeness (QED) is 0.404. The third kappa shape index (κ3) is 3.68. The van der Waals surface area contributed by atoms with Crippen molar-refractivity contribution in [3.05, 3.63) is 95.6 Å². The van der Waals surface area contributed by atoms with Crippen LogP contribution in [0.3, 0.4) is 0 Å². The molecular formula is C23H16N2O5. The molecule has 0 aliphatic carbocycles. The minimum absolute atomic E-state index is 0.0348. The van der Waals surface area contributed by atoms with Crippen molar-refractivity contribution in [3.63, 3.8) is 0 Å². The Bertz CT molecular complexity index is 1120. The number of fused-ring (bicyclic) bond motifs is 1. The highest BCUT2D eigenvalue weighted by molar-refractivity contribution is 6.22. The Hall–Kier alpha value is -4.26. The van der Waals surface area contributed by atoms with E-state index in [1.807, 2.05) is 6.07 Å². The fourth-order valence-electron chi connectivity index (χ4n) is 3.13. The van der Waals surface area contributed by atoms with Gasteiger partial charge in [0.25, 0.3) is 17.7 Å². The molecule has 0 saturated carbocycles. The van der Waals surface area contributed by atoms with Gasteiger partial charge in [-0.05, 0) is 36.4 Å². The number of esters is 1. The lowest BCUT2D eigenvalue weighted by atomic mass is 10.1. The third-order valence-corrected chi connectivity index (χ3v) is 4.55. The molecular weight excluding hydrogens is 384 g/mol. The van der Waals surface area contributed by atoms with Crippen molar-refractivity contribution in [3.8, 4) is 5.75 Å². The van der Waals surface area contributed by atoms with Crippen LogP contribution in [0.15, 0.2) is 78.9 Å². The molecule has 0 fully saturated rings. The molecule has 3 amide bonds. The fourth-order valence-corrected chi connectivity index (χ4v) is 3.13. The number of rotatable bonds is 5. The molecule has 0 saturated heterocycles. The lowest BCUT2D eigenvalue weighted by molar-refractivity contribution is -0.134. The highest BCUT2D eigenvalue weighted by Crippen LogP contribution is 2.23. The monoisotopic (exact) mass is 400 g/mol. The summed E-state index contributed by atoms with van der Waals surface area (Å²) in [5.74, 6) is -2.35. The van der Waals surface area contributed by atoms with Gasteiger partial charge in [-0.1, -0.05) is 42.5 Å². The molecule has 30 heavy (non-hydrogen) atoms. The molecule has 0 spiro atoms. The average molecular weight is 400 g/mol.